The molecule has 1 aromatic heterocycles. The van der Waals surface area contributed by atoms with Crippen LogP contribution in [0.25, 0.3) is 0 Å². The van der Waals surface area contributed by atoms with E-state index in [1.165, 1.54) is 10.6 Å². The Bertz CT molecular complexity index is 1020. The van der Waals surface area contributed by atoms with Crippen molar-refractivity contribution in [3.8, 4) is 0 Å². The number of furan rings is 1. The number of carbonyl (C=O) groups excluding carboxylic acids is 2. The molecule has 0 unspecified atom stereocenters. The predicted octanol–water partition coefficient (Wildman–Crippen LogP) is 2.04. The number of amides is 2. The molecule has 0 atom stereocenters. The highest BCUT2D eigenvalue weighted by molar-refractivity contribution is 7.89. The van der Waals surface area contributed by atoms with Gasteiger partial charge in [-0.3, -0.25) is 9.59 Å². The van der Waals surface area contributed by atoms with Crippen LogP contribution in [0.2, 0.25) is 0 Å². The zero-order valence-corrected chi connectivity index (χ0v) is 18.9. The van der Waals surface area contributed by atoms with Crippen molar-refractivity contribution in [2.75, 3.05) is 19.6 Å². The molecule has 0 aliphatic carbocycles. The Morgan fingerprint density at radius 2 is 1.74 bits per heavy atom. The SMILES string of the molecule is Cc1cc(C)c(S(=O)(=O)N2CCC(C(=O)NCC(=O)NCc3ccco3)CC2)c(C)c1. The van der Waals surface area contributed by atoms with Gasteiger partial charge in [-0.2, -0.15) is 4.31 Å². The van der Waals surface area contributed by atoms with Crippen LogP contribution in [0, 0.1) is 26.7 Å². The summed E-state index contributed by atoms with van der Waals surface area (Å²) in [6.45, 7) is 6.25. The van der Waals surface area contributed by atoms with Gasteiger partial charge in [-0.25, -0.2) is 8.42 Å². The third kappa shape index (κ3) is 5.54. The topological polar surface area (TPSA) is 109 Å². The monoisotopic (exact) mass is 447 g/mol. The second-order valence-electron chi connectivity index (χ2n) is 7.98. The number of benzene rings is 1. The van der Waals surface area contributed by atoms with Crippen LogP contribution in [0.3, 0.4) is 0 Å². The molecule has 2 amide bonds. The Morgan fingerprint density at radius 3 is 2.32 bits per heavy atom. The second-order valence-corrected chi connectivity index (χ2v) is 9.85. The maximum absolute atomic E-state index is 13.2. The number of carbonyl (C=O) groups is 2. The van der Waals surface area contributed by atoms with Crippen molar-refractivity contribution in [3.63, 3.8) is 0 Å². The quantitative estimate of drug-likeness (QED) is 0.675. The molecule has 1 aromatic carbocycles. The van der Waals surface area contributed by atoms with Crippen LogP contribution in [0.5, 0.6) is 0 Å². The molecule has 1 aliphatic rings. The molecule has 3 rings (SSSR count). The van der Waals surface area contributed by atoms with E-state index in [0.717, 1.165) is 16.7 Å². The van der Waals surface area contributed by atoms with Crippen molar-refractivity contribution in [1.29, 1.82) is 0 Å². The van der Waals surface area contributed by atoms with Crippen molar-refractivity contribution in [3.05, 3.63) is 53.0 Å². The summed E-state index contributed by atoms with van der Waals surface area (Å²) in [5, 5.41) is 5.31. The molecule has 31 heavy (non-hydrogen) atoms. The zero-order chi connectivity index (χ0) is 22.6. The normalized spacial score (nSPS) is 15.6. The lowest BCUT2D eigenvalue weighted by Gasteiger charge is -2.31. The molecule has 0 bridgehead atoms. The van der Waals surface area contributed by atoms with Gasteiger partial charge in [0.2, 0.25) is 21.8 Å². The predicted molar refractivity (Wildman–Crippen MR) is 116 cm³/mol. The van der Waals surface area contributed by atoms with Gasteiger partial charge in [0.1, 0.15) is 5.76 Å². The van der Waals surface area contributed by atoms with Crippen LogP contribution in [0.15, 0.2) is 39.8 Å². The van der Waals surface area contributed by atoms with Gasteiger partial charge in [0.25, 0.3) is 0 Å². The van der Waals surface area contributed by atoms with Gasteiger partial charge in [-0.1, -0.05) is 17.7 Å². The van der Waals surface area contributed by atoms with Crippen LogP contribution in [0.4, 0.5) is 0 Å². The Hall–Kier alpha value is -2.65. The zero-order valence-electron chi connectivity index (χ0n) is 18.1. The fraction of sp³-hybridized carbons (Fsp3) is 0.455. The largest absolute Gasteiger partial charge is 0.467 e. The van der Waals surface area contributed by atoms with Crippen molar-refractivity contribution in [2.24, 2.45) is 5.92 Å². The van der Waals surface area contributed by atoms with Gasteiger partial charge in [0.15, 0.2) is 0 Å². The molecule has 0 radical (unpaired) electrons. The molecule has 0 saturated carbocycles. The highest BCUT2D eigenvalue weighted by atomic mass is 32.2. The van der Waals surface area contributed by atoms with Crippen LogP contribution in [-0.2, 0) is 26.2 Å². The minimum atomic E-state index is -3.62. The van der Waals surface area contributed by atoms with Gasteiger partial charge in [0, 0.05) is 19.0 Å². The van der Waals surface area contributed by atoms with Crippen LogP contribution in [-0.4, -0.2) is 44.2 Å². The Labute approximate surface area is 183 Å². The maximum atomic E-state index is 13.2. The lowest BCUT2D eigenvalue weighted by atomic mass is 9.97. The van der Waals surface area contributed by atoms with Gasteiger partial charge in [-0.15, -0.1) is 0 Å². The number of rotatable bonds is 7. The van der Waals surface area contributed by atoms with Gasteiger partial charge >= 0.3 is 0 Å². The lowest BCUT2D eigenvalue weighted by Crippen LogP contribution is -2.45. The molecule has 1 saturated heterocycles. The number of nitrogens with zero attached hydrogens (tertiary/aromatic N) is 1. The van der Waals surface area contributed by atoms with Crippen LogP contribution >= 0.6 is 0 Å². The Morgan fingerprint density at radius 1 is 1.10 bits per heavy atom. The highest BCUT2D eigenvalue weighted by Crippen LogP contribution is 2.28. The minimum Gasteiger partial charge on any atom is -0.467 e. The summed E-state index contributed by atoms with van der Waals surface area (Å²) in [5.74, 6) is -0.222. The molecule has 2 N–H and O–H groups in total. The summed E-state index contributed by atoms with van der Waals surface area (Å²) >= 11 is 0. The summed E-state index contributed by atoms with van der Waals surface area (Å²) in [4.78, 5) is 24.7. The first-order valence-electron chi connectivity index (χ1n) is 10.3. The standard InChI is InChI=1S/C22H29N3O5S/c1-15-11-16(2)21(17(3)12-15)31(28,29)25-8-6-18(7-9-25)22(27)24-14-20(26)23-13-19-5-4-10-30-19/h4-5,10-12,18H,6-9,13-14H2,1-3H3,(H,23,26)(H,24,27). The molecule has 168 valence electrons. The highest BCUT2D eigenvalue weighted by Gasteiger charge is 2.33. The van der Waals surface area contributed by atoms with Crippen molar-refractivity contribution in [2.45, 2.75) is 45.1 Å². The van der Waals surface area contributed by atoms with E-state index in [0.29, 0.717) is 23.5 Å². The molecule has 2 heterocycles. The third-order valence-electron chi connectivity index (χ3n) is 5.49. The Kier molecular flexibility index (Phi) is 7.17. The van der Waals surface area contributed by atoms with E-state index in [1.54, 1.807) is 12.1 Å². The first-order chi connectivity index (χ1) is 14.7. The van der Waals surface area contributed by atoms with Gasteiger partial charge in [-0.05, 0) is 56.9 Å². The maximum Gasteiger partial charge on any atom is 0.243 e. The molecule has 0 spiro atoms. The number of hydrogen-bond donors (Lipinski definition) is 2. The number of nitrogens with one attached hydrogen (secondary N) is 2. The molecule has 9 heteroatoms. The lowest BCUT2D eigenvalue weighted by molar-refractivity contribution is -0.129. The van der Waals surface area contributed by atoms with Crippen molar-refractivity contribution < 1.29 is 22.4 Å². The van der Waals surface area contributed by atoms with Crippen LogP contribution in [0.1, 0.15) is 35.3 Å². The molecule has 1 fully saturated rings. The van der Waals surface area contributed by atoms with Crippen LogP contribution < -0.4 is 10.6 Å². The smallest absolute Gasteiger partial charge is 0.243 e. The Balaban J connectivity index is 1.50. The number of hydrogen-bond acceptors (Lipinski definition) is 5. The summed E-state index contributed by atoms with van der Waals surface area (Å²) in [7, 11) is -3.62. The second kappa shape index (κ2) is 9.65. The van der Waals surface area contributed by atoms with Crippen molar-refractivity contribution >= 4 is 21.8 Å². The summed E-state index contributed by atoms with van der Waals surface area (Å²) in [5.41, 5.74) is 2.49. The molecular weight excluding hydrogens is 418 g/mol. The fourth-order valence-electron chi connectivity index (χ4n) is 4.03. The first-order valence-corrected chi connectivity index (χ1v) is 11.8. The van der Waals surface area contributed by atoms with E-state index in [-0.39, 0.29) is 43.9 Å². The summed E-state index contributed by atoms with van der Waals surface area (Å²) < 4.78 is 32.9. The molecule has 1 aliphatic heterocycles. The van der Waals surface area contributed by atoms with E-state index in [2.05, 4.69) is 10.6 Å². The van der Waals surface area contributed by atoms with E-state index in [9.17, 15) is 18.0 Å². The van der Waals surface area contributed by atoms with Gasteiger partial charge < -0.3 is 15.1 Å². The average molecular weight is 448 g/mol. The van der Waals surface area contributed by atoms with Crippen molar-refractivity contribution in [1.82, 2.24) is 14.9 Å². The van der Waals surface area contributed by atoms with E-state index in [1.807, 2.05) is 32.9 Å². The average Bonchev–Trinajstić information content (AvgIpc) is 3.23. The first kappa shape index (κ1) is 23.0. The number of sulfonamides is 1. The summed E-state index contributed by atoms with van der Waals surface area (Å²) in [6, 6.07) is 7.23. The number of piperidine rings is 1. The molecule has 2 aromatic rings. The van der Waals surface area contributed by atoms with E-state index < -0.39 is 10.0 Å². The molecule has 8 nitrogen and oxygen atoms in total. The van der Waals surface area contributed by atoms with E-state index in [4.69, 9.17) is 4.42 Å². The molecular formula is C22H29N3O5S. The third-order valence-corrected chi connectivity index (χ3v) is 7.70. The van der Waals surface area contributed by atoms with Gasteiger partial charge in [0.05, 0.1) is 24.2 Å². The number of aryl methyl sites for hydroxylation is 3. The fourth-order valence-corrected chi connectivity index (χ4v) is 5.92. The van der Waals surface area contributed by atoms with E-state index >= 15 is 0 Å². The summed E-state index contributed by atoms with van der Waals surface area (Å²) in [6.07, 6.45) is 2.36. The minimum absolute atomic E-state index is 0.125.